The molecule has 6 nitrogen and oxygen atoms in total. The molecule has 142 valence electrons. The van der Waals surface area contributed by atoms with Crippen LogP contribution >= 0.6 is 0 Å². The second-order valence-electron chi connectivity index (χ2n) is 7.34. The van der Waals surface area contributed by atoms with Crippen molar-refractivity contribution in [2.24, 2.45) is 17.3 Å². The summed E-state index contributed by atoms with van der Waals surface area (Å²) in [5, 5.41) is 0. The van der Waals surface area contributed by atoms with Crippen LogP contribution in [-0.4, -0.2) is 33.4 Å². The molecule has 2 fully saturated rings. The maximum absolute atomic E-state index is 12.8. The first-order chi connectivity index (χ1) is 12.2. The first kappa shape index (κ1) is 19.0. The third-order valence-corrected chi connectivity index (χ3v) is 7.22. The van der Waals surface area contributed by atoms with Gasteiger partial charge in [-0.15, -0.1) is 0 Å². The van der Waals surface area contributed by atoms with Gasteiger partial charge in [0.15, 0.2) is 11.2 Å². The number of carbonyl (C=O) groups is 2. The van der Waals surface area contributed by atoms with Crippen LogP contribution in [0.25, 0.3) is 0 Å². The van der Waals surface area contributed by atoms with Crippen LogP contribution in [0.1, 0.15) is 38.2 Å². The van der Waals surface area contributed by atoms with Gasteiger partial charge in [-0.2, -0.15) is 8.42 Å². The number of Topliss-reactive ketones (excluding diaryl/α,β-unsaturated/α-hetero) is 1. The van der Waals surface area contributed by atoms with E-state index in [0.29, 0.717) is 19.3 Å². The van der Waals surface area contributed by atoms with Gasteiger partial charge in [-0.05, 0) is 50.2 Å². The number of ketones is 1. The number of aryl methyl sites for hydroxylation is 1. The summed E-state index contributed by atoms with van der Waals surface area (Å²) in [6.07, 6.45) is 0.792. The molecule has 4 atom stereocenters. The number of ether oxygens (including phenoxy) is 1. The van der Waals surface area contributed by atoms with Gasteiger partial charge in [0.1, 0.15) is 6.10 Å². The molecular weight excluding hydrogens is 356 g/mol. The molecule has 3 rings (SSSR count). The molecule has 0 aromatic heterocycles. The Balaban J connectivity index is 2.01. The summed E-state index contributed by atoms with van der Waals surface area (Å²) in [4.78, 5) is 25.5. The Bertz CT molecular complexity index is 813. The molecule has 0 spiro atoms. The molecule has 1 aromatic rings. The van der Waals surface area contributed by atoms with E-state index in [1.54, 1.807) is 12.1 Å². The van der Waals surface area contributed by atoms with E-state index in [4.69, 9.17) is 8.92 Å². The average molecular weight is 380 g/mol. The number of carbonyl (C=O) groups excluding carboxylic acids is 2. The fourth-order valence-electron chi connectivity index (χ4n) is 4.53. The lowest BCUT2D eigenvalue weighted by molar-refractivity contribution is -0.172. The van der Waals surface area contributed by atoms with E-state index in [9.17, 15) is 18.0 Å². The minimum Gasteiger partial charge on any atom is -0.468 e. The molecule has 0 N–H and O–H groups in total. The topological polar surface area (TPSA) is 86.7 Å². The minimum atomic E-state index is -4.10. The molecule has 2 aliphatic carbocycles. The van der Waals surface area contributed by atoms with Crippen molar-refractivity contribution in [1.82, 2.24) is 0 Å². The van der Waals surface area contributed by atoms with Gasteiger partial charge in [0, 0.05) is 6.42 Å². The number of methoxy groups -OCH3 is 1. The Kier molecular flexibility index (Phi) is 4.96. The van der Waals surface area contributed by atoms with Crippen molar-refractivity contribution < 1.29 is 26.9 Å². The monoisotopic (exact) mass is 380 g/mol. The molecule has 0 saturated heterocycles. The van der Waals surface area contributed by atoms with Gasteiger partial charge < -0.3 is 4.74 Å². The molecule has 0 amide bonds. The van der Waals surface area contributed by atoms with E-state index in [0.717, 1.165) is 5.56 Å². The number of hydrogen-bond donors (Lipinski definition) is 0. The smallest absolute Gasteiger partial charge is 0.322 e. The predicted octanol–water partition coefficient (Wildman–Crippen LogP) is 2.64. The number of hydrogen-bond acceptors (Lipinski definition) is 6. The maximum Gasteiger partial charge on any atom is 0.322 e. The largest absolute Gasteiger partial charge is 0.468 e. The van der Waals surface area contributed by atoms with Crippen LogP contribution in [0.5, 0.6) is 0 Å². The zero-order chi connectivity index (χ0) is 19.1. The molecule has 0 aliphatic heterocycles. The lowest BCUT2D eigenvalue weighted by atomic mass is 9.62. The SMILES string of the molecule is COC(=O)[C@@]12C(=O)CC[C@@H]1[C@@H](C)CC[C@H]2OS(=O)(=O)c1ccc(C)cc1. The zero-order valence-electron chi connectivity index (χ0n) is 15.2. The zero-order valence-corrected chi connectivity index (χ0v) is 16.0. The molecule has 0 radical (unpaired) electrons. The van der Waals surface area contributed by atoms with Gasteiger partial charge in [0.2, 0.25) is 0 Å². The van der Waals surface area contributed by atoms with Crippen LogP contribution < -0.4 is 0 Å². The highest BCUT2D eigenvalue weighted by Crippen LogP contribution is 2.54. The van der Waals surface area contributed by atoms with Crippen molar-refractivity contribution >= 4 is 21.9 Å². The van der Waals surface area contributed by atoms with Crippen LogP contribution in [0.3, 0.4) is 0 Å². The number of esters is 1. The van der Waals surface area contributed by atoms with Crippen molar-refractivity contribution in [3.63, 3.8) is 0 Å². The van der Waals surface area contributed by atoms with Crippen LogP contribution in [0, 0.1) is 24.2 Å². The molecule has 0 unspecified atom stereocenters. The Labute approximate surface area is 154 Å². The van der Waals surface area contributed by atoms with Crippen LogP contribution in [0.2, 0.25) is 0 Å². The lowest BCUT2D eigenvalue weighted by Gasteiger charge is -2.44. The summed E-state index contributed by atoms with van der Waals surface area (Å²) >= 11 is 0. The number of fused-ring (bicyclic) bond motifs is 1. The second-order valence-corrected chi connectivity index (χ2v) is 8.91. The molecule has 7 heteroatoms. The standard InChI is InChI=1S/C19H24O6S/c1-12-4-7-14(8-5-12)26(22,23)25-17-11-6-13(2)15-9-10-16(20)19(15,17)18(21)24-3/h4-5,7-8,13,15,17H,6,9-11H2,1-3H3/t13-,15+,17+,19+/m0/s1. The number of benzene rings is 1. The van der Waals surface area contributed by atoms with E-state index >= 15 is 0 Å². The van der Waals surface area contributed by atoms with Crippen molar-refractivity contribution in [3.05, 3.63) is 29.8 Å². The van der Waals surface area contributed by atoms with E-state index < -0.39 is 27.6 Å². The molecule has 0 bridgehead atoms. The molecule has 1 aromatic carbocycles. The van der Waals surface area contributed by atoms with E-state index in [1.807, 2.05) is 13.8 Å². The first-order valence-corrected chi connectivity index (χ1v) is 10.3. The van der Waals surface area contributed by atoms with Gasteiger partial charge in [-0.25, -0.2) is 0 Å². The van der Waals surface area contributed by atoms with Crippen LogP contribution in [0.15, 0.2) is 29.2 Å². The summed E-state index contributed by atoms with van der Waals surface area (Å²) in [7, 11) is -2.87. The van der Waals surface area contributed by atoms with Crippen molar-refractivity contribution in [3.8, 4) is 0 Å². The molecule has 2 saturated carbocycles. The third kappa shape index (κ3) is 2.87. The van der Waals surface area contributed by atoms with Gasteiger partial charge in [-0.3, -0.25) is 13.8 Å². The summed E-state index contributed by atoms with van der Waals surface area (Å²) in [6.45, 7) is 3.85. The first-order valence-electron chi connectivity index (χ1n) is 8.85. The quantitative estimate of drug-likeness (QED) is 0.453. The summed E-state index contributed by atoms with van der Waals surface area (Å²) in [6, 6.07) is 6.29. The number of rotatable bonds is 4. The maximum atomic E-state index is 12.8. The summed E-state index contributed by atoms with van der Waals surface area (Å²) in [5.74, 6) is -1.08. The van der Waals surface area contributed by atoms with Gasteiger partial charge in [0.25, 0.3) is 10.1 Å². The van der Waals surface area contributed by atoms with Gasteiger partial charge in [0.05, 0.1) is 12.0 Å². The molecule has 2 aliphatic rings. The highest BCUT2D eigenvalue weighted by molar-refractivity contribution is 7.86. The average Bonchev–Trinajstić information content (AvgIpc) is 2.96. The lowest BCUT2D eigenvalue weighted by Crippen LogP contribution is -2.56. The Hall–Kier alpha value is -1.73. The summed E-state index contributed by atoms with van der Waals surface area (Å²) in [5.41, 5.74) is -0.600. The second kappa shape index (κ2) is 6.78. The molecule has 0 heterocycles. The Morgan fingerprint density at radius 2 is 1.81 bits per heavy atom. The Morgan fingerprint density at radius 1 is 1.15 bits per heavy atom. The fraction of sp³-hybridized carbons (Fsp3) is 0.579. The van der Waals surface area contributed by atoms with Gasteiger partial charge >= 0.3 is 5.97 Å². The predicted molar refractivity (Wildman–Crippen MR) is 93.8 cm³/mol. The van der Waals surface area contributed by atoms with Crippen LogP contribution in [-0.2, 0) is 28.6 Å². The van der Waals surface area contributed by atoms with E-state index in [2.05, 4.69) is 0 Å². The molecule has 26 heavy (non-hydrogen) atoms. The summed E-state index contributed by atoms with van der Waals surface area (Å²) < 4.78 is 36.0. The van der Waals surface area contributed by atoms with Crippen molar-refractivity contribution in [1.29, 1.82) is 0 Å². The molecular formula is C19H24O6S. The minimum absolute atomic E-state index is 0.0173. The highest BCUT2D eigenvalue weighted by atomic mass is 32.2. The van der Waals surface area contributed by atoms with Crippen molar-refractivity contribution in [2.75, 3.05) is 7.11 Å². The normalized spacial score (nSPS) is 31.5. The van der Waals surface area contributed by atoms with Crippen molar-refractivity contribution in [2.45, 2.75) is 50.5 Å². The van der Waals surface area contributed by atoms with Gasteiger partial charge in [-0.1, -0.05) is 24.6 Å². The Morgan fingerprint density at radius 3 is 2.42 bits per heavy atom. The van der Waals surface area contributed by atoms with E-state index in [1.165, 1.54) is 19.2 Å². The van der Waals surface area contributed by atoms with E-state index in [-0.39, 0.29) is 28.9 Å². The third-order valence-electron chi connectivity index (χ3n) is 5.88. The fourth-order valence-corrected chi connectivity index (χ4v) is 5.66. The van der Waals surface area contributed by atoms with Crippen LogP contribution in [0.4, 0.5) is 0 Å². The highest BCUT2D eigenvalue weighted by Gasteiger charge is 2.65.